The highest BCUT2D eigenvalue weighted by Gasteiger charge is 2.35. The van der Waals surface area contributed by atoms with Gasteiger partial charge in [0.05, 0.1) is 50.3 Å². The lowest BCUT2D eigenvalue weighted by Gasteiger charge is -2.47. The molecule has 0 rings (SSSR count). The molecule has 0 spiro atoms. The molecule has 0 amide bonds. The molecule has 0 radical (unpaired) electrons. The van der Waals surface area contributed by atoms with Gasteiger partial charge in [-0.15, -0.1) is 0 Å². The SMILES string of the molecule is CC[N+](CCCC[N+](CC)(C(C)C)C(C)C)(C(C)C)C(C)C. The van der Waals surface area contributed by atoms with Crippen molar-refractivity contribution in [2.45, 2.75) is 106 Å². The van der Waals surface area contributed by atoms with Crippen LogP contribution in [0, 0.1) is 0 Å². The Kier molecular flexibility index (Phi) is 9.24. The van der Waals surface area contributed by atoms with E-state index in [0.717, 1.165) is 24.2 Å². The van der Waals surface area contributed by atoms with Gasteiger partial charge in [0.1, 0.15) is 0 Å². The first-order valence-corrected chi connectivity index (χ1v) is 9.83. The van der Waals surface area contributed by atoms with Gasteiger partial charge in [0.25, 0.3) is 0 Å². The third kappa shape index (κ3) is 4.71. The summed E-state index contributed by atoms with van der Waals surface area (Å²) in [6, 6.07) is 2.91. The Bertz CT molecular complexity index is 246. The van der Waals surface area contributed by atoms with Crippen molar-refractivity contribution in [2.75, 3.05) is 26.2 Å². The number of nitrogens with zero attached hydrogens (tertiary/aromatic N) is 2. The molecule has 0 aliphatic rings. The zero-order chi connectivity index (χ0) is 17.6. The summed E-state index contributed by atoms with van der Waals surface area (Å²) in [6.07, 6.45) is 2.73. The maximum absolute atomic E-state index is 2.40. The Labute approximate surface area is 142 Å². The molecule has 0 N–H and O–H groups in total. The van der Waals surface area contributed by atoms with E-state index >= 15 is 0 Å². The maximum Gasteiger partial charge on any atom is 0.0835 e. The molecular weight excluding hydrogens is 268 g/mol. The average molecular weight is 315 g/mol. The van der Waals surface area contributed by atoms with Crippen molar-refractivity contribution in [3.05, 3.63) is 0 Å². The Morgan fingerprint density at radius 2 is 0.727 bits per heavy atom. The molecule has 0 heterocycles. The van der Waals surface area contributed by atoms with Crippen molar-refractivity contribution in [3.8, 4) is 0 Å². The first-order chi connectivity index (χ1) is 10.1. The van der Waals surface area contributed by atoms with E-state index in [9.17, 15) is 0 Å². The molecule has 2 nitrogen and oxygen atoms in total. The summed E-state index contributed by atoms with van der Waals surface area (Å²) >= 11 is 0. The zero-order valence-electron chi connectivity index (χ0n) is 17.4. The predicted molar refractivity (Wildman–Crippen MR) is 101 cm³/mol. The first-order valence-electron chi connectivity index (χ1n) is 9.83. The Hall–Kier alpha value is -0.0800. The minimum Gasteiger partial charge on any atom is -0.320 e. The van der Waals surface area contributed by atoms with Gasteiger partial charge >= 0.3 is 0 Å². The molecule has 0 fully saturated rings. The fraction of sp³-hybridized carbons (Fsp3) is 1.00. The summed E-state index contributed by atoms with van der Waals surface area (Å²) in [4.78, 5) is 0. The largest absolute Gasteiger partial charge is 0.320 e. The Morgan fingerprint density at radius 1 is 0.500 bits per heavy atom. The molecule has 0 unspecified atom stereocenters. The fourth-order valence-electron chi connectivity index (χ4n) is 4.81. The highest BCUT2D eigenvalue weighted by atomic mass is 15.4. The van der Waals surface area contributed by atoms with Crippen LogP contribution in [0.4, 0.5) is 0 Å². The van der Waals surface area contributed by atoms with Gasteiger partial charge in [0.15, 0.2) is 0 Å². The van der Waals surface area contributed by atoms with Crippen molar-refractivity contribution in [2.24, 2.45) is 0 Å². The lowest BCUT2D eigenvalue weighted by Crippen LogP contribution is -2.59. The molecule has 0 bridgehead atoms. The van der Waals surface area contributed by atoms with Crippen LogP contribution >= 0.6 is 0 Å². The van der Waals surface area contributed by atoms with Gasteiger partial charge in [0.2, 0.25) is 0 Å². The number of quaternary nitrogens is 2. The third-order valence-electron chi connectivity index (χ3n) is 6.69. The smallest absolute Gasteiger partial charge is 0.0835 e. The van der Waals surface area contributed by atoms with E-state index in [1.54, 1.807) is 0 Å². The lowest BCUT2D eigenvalue weighted by atomic mass is 10.1. The molecule has 0 aromatic carbocycles. The number of rotatable bonds is 11. The average Bonchev–Trinajstić information content (AvgIpc) is 2.41. The minimum absolute atomic E-state index is 0.727. The van der Waals surface area contributed by atoms with Crippen molar-refractivity contribution in [1.29, 1.82) is 0 Å². The van der Waals surface area contributed by atoms with Crippen LogP contribution in [0.5, 0.6) is 0 Å². The number of unbranched alkanes of at least 4 members (excludes halogenated alkanes) is 1. The zero-order valence-corrected chi connectivity index (χ0v) is 17.4. The van der Waals surface area contributed by atoms with Crippen molar-refractivity contribution in [3.63, 3.8) is 0 Å². The predicted octanol–water partition coefficient (Wildman–Crippen LogP) is 5.07. The van der Waals surface area contributed by atoms with Crippen LogP contribution in [0.1, 0.15) is 82.1 Å². The van der Waals surface area contributed by atoms with Gasteiger partial charge in [-0.3, -0.25) is 0 Å². The van der Waals surface area contributed by atoms with Gasteiger partial charge in [-0.05, 0) is 69.2 Å². The third-order valence-corrected chi connectivity index (χ3v) is 6.69. The molecule has 2 heteroatoms. The van der Waals surface area contributed by atoms with Gasteiger partial charge in [-0.25, -0.2) is 0 Å². The van der Waals surface area contributed by atoms with Crippen LogP contribution in [0.2, 0.25) is 0 Å². The molecule has 134 valence electrons. The van der Waals surface area contributed by atoms with Gasteiger partial charge < -0.3 is 8.97 Å². The monoisotopic (exact) mass is 314 g/mol. The number of hydrogen-bond acceptors (Lipinski definition) is 0. The fourth-order valence-corrected chi connectivity index (χ4v) is 4.81. The number of hydrogen-bond donors (Lipinski definition) is 0. The van der Waals surface area contributed by atoms with E-state index < -0.39 is 0 Å². The second-order valence-electron chi connectivity index (χ2n) is 8.37. The van der Waals surface area contributed by atoms with Crippen LogP contribution in [0.3, 0.4) is 0 Å². The minimum atomic E-state index is 0.727. The molecule has 0 aromatic heterocycles. The van der Waals surface area contributed by atoms with E-state index in [-0.39, 0.29) is 0 Å². The molecule has 0 aromatic rings. The van der Waals surface area contributed by atoms with Crippen LogP contribution in [0.15, 0.2) is 0 Å². The summed E-state index contributed by atoms with van der Waals surface area (Å²) in [7, 11) is 0. The molecule has 0 atom stereocenters. The summed E-state index contributed by atoms with van der Waals surface area (Å²) in [6.45, 7) is 29.1. The first kappa shape index (κ1) is 21.9. The van der Waals surface area contributed by atoms with Crippen LogP contribution in [-0.4, -0.2) is 59.3 Å². The van der Waals surface area contributed by atoms with Gasteiger partial charge in [0, 0.05) is 12.8 Å². The topological polar surface area (TPSA) is 0 Å². The molecule has 0 aliphatic carbocycles. The normalized spacial score (nSPS) is 13.9. The van der Waals surface area contributed by atoms with Gasteiger partial charge in [-0.2, -0.15) is 0 Å². The summed E-state index contributed by atoms with van der Waals surface area (Å²) in [5, 5.41) is 0. The second kappa shape index (κ2) is 9.27. The standard InChI is InChI=1S/C20H46N2/c1-11-21(17(3)4,18(5)6)15-13-14-16-22(12-2,19(7)8)20(9)10/h17-20H,11-16H2,1-10H3/q+2. The Balaban J connectivity index is 4.75. The van der Waals surface area contributed by atoms with Crippen molar-refractivity contribution in [1.82, 2.24) is 0 Å². The molecule has 22 heavy (non-hydrogen) atoms. The van der Waals surface area contributed by atoms with Crippen molar-refractivity contribution >= 4 is 0 Å². The van der Waals surface area contributed by atoms with Crippen LogP contribution < -0.4 is 0 Å². The van der Waals surface area contributed by atoms with E-state index in [1.165, 1.54) is 48.0 Å². The van der Waals surface area contributed by atoms with Crippen LogP contribution in [-0.2, 0) is 0 Å². The van der Waals surface area contributed by atoms with Crippen molar-refractivity contribution < 1.29 is 8.97 Å². The lowest BCUT2D eigenvalue weighted by molar-refractivity contribution is -0.970. The maximum atomic E-state index is 2.40. The second-order valence-corrected chi connectivity index (χ2v) is 8.37. The summed E-state index contributed by atoms with van der Waals surface area (Å²) in [5.74, 6) is 0. The molecule has 0 saturated heterocycles. The van der Waals surface area contributed by atoms with E-state index in [4.69, 9.17) is 0 Å². The van der Waals surface area contributed by atoms with E-state index in [0.29, 0.717) is 0 Å². The van der Waals surface area contributed by atoms with Gasteiger partial charge in [-0.1, -0.05) is 0 Å². The highest BCUT2D eigenvalue weighted by molar-refractivity contribution is 4.57. The quantitative estimate of drug-likeness (QED) is 0.369. The van der Waals surface area contributed by atoms with Crippen LogP contribution in [0.25, 0.3) is 0 Å². The molecule has 0 saturated carbocycles. The summed E-state index contributed by atoms with van der Waals surface area (Å²) < 4.78 is 2.55. The van der Waals surface area contributed by atoms with E-state index in [1.807, 2.05) is 0 Å². The molecule has 0 aliphatic heterocycles. The highest BCUT2D eigenvalue weighted by Crippen LogP contribution is 2.23. The Morgan fingerprint density at radius 3 is 0.864 bits per heavy atom. The summed E-state index contributed by atoms with van der Waals surface area (Å²) in [5.41, 5.74) is 0. The molecular formula is C20H46N2+2. The van der Waals surface area contributed by atoms with E-state index in [2.05, 4.69) is 69.2 Å².